The molecule has 0 aromatic heterocycles. The van der Waals surface area contributed by atoms with Gasteiger partial charge in [-0.1, -0.05) is 0 Å². The summed E-state index contributed by atoms with van der Waals surface area (Å²) in [5, 5.41) is 0. The normalized spacial score (nSPS) is 20.9. The van der Waals surface area contributed by atoms with Gasteiger partial charge < -0.3 is 4.74 Å². The standard InChI is InChI=1S/C11H18F2O2/c1-10(2,3)15-9(14)5-4-8-6-11(12,13)7-8/h8H,4-7H2,1-3H3. The number of rotatable bonds is 3. The molecule has 0 N–H and O–H groups in total. The lowest BCUT2D eigenvalue weighted by Crippen LogP contribution is -2.35. The second-order valence-electron chi connectivity index (χ2n) is 5.26. The molecule has 0 radical (unpaired) electrons. The number of ether oxygens (including phenoxy) is 1. The van der Waals surface area contributed by atoms with Crippen molar-refractivity contribution in [3.63, 3.8) is 0 Å². The fourth-order valence-corrected chi connectivity index (χ4v) is 1.70. The van der Waals surface area contributed by atoms with Gasteiger partial charge in [0, 0.05) is 19.3 Å². The van der Waals surface area contributed by atoms with Crippen LogP contribution in [0.5, 0.6) is 0 Å². The zero-order chi connectivity index (χ0) is 11.7. The van der Waals surface area contributed by atoms with Gasteiger partial charge in [0.1, 0.15) is 5.60 Å². The molecule has 15 heavy (non-hydrogen) atoms. The van der Waals surface area contributed by atoms with Gasteiger partial charge in [-0.3, -0.25) is 4.79 Å². The van der Waals surface area contributed by atoms with Crippen LogP contribution < -0.4 is 0 Å². The van der Waals surface area contributed by atoms with Crippen molar-refractivity contribution in [1.82, 2.24) is 0 Å². The van der Waals surface area contributed by atoms with E-state index in [0.29, 0.717) is 6.42 Å². The van der Waals surface area contributed by atoms with Crippen LogP contribution in [-0.4, -0.2) is 17.5 Å². The first-order chi connectivity index (χ1) is 6.68. The van der Waals surface area contributed by atoms with Crippen LogP contribution in [0.15, 0.2) is 0 Å². The molecule has 2 nitrogen and oxygen atoms in total. The molecule has 0 atom stereocenters. The summed E-state index contributed by atoms with van der Waals surface area (Å²) in [6.07, 6.45) is 0.619. The Morgan fingerprint density at radius 2 is 1.93 bits per heavy atom. The summed E-state index contributed by atoms with van der Waals surface area (Å²) < 4.78 is 30.0. The van der Waals surface area contributed by atoms with Crippen LogP contribution in [0.2, 0.25) is 0 Å². The summed E-state index contributed by atoms with van der Waals surface area (Å²) in [7, 11) is 0. The summed E-state index contributed by atoms with van der Waals surface area (Å²) >= 11 is 0. The smallest absolute Gasteiger partial charge is 0.306 e. The van der Waals surface area contributed by atoms with Gasteiger partial charge in [-0.15, -0.1) is 0 Å². The lowest BCUT2D eigenvalue weighted by atomic mass is 9.78. The van der Waals surface area contributed by atoms with Gasteiger partial charge >= 0.3 is 5.97 Å². The van der Waals surface area contributed by atoms with Crippen molar-refractivity contribution in [1.29, 1.82) is 0 Å². The molecule has 1 fully saturated rings. The van der Waals surface area contributed by atoms with Gasteiger partial charge in [0.2, 0.25) is 5.92 Å². The second-order valence-corrected chi connectivity index (χ2v) is 5.26. The molecule has 0 bridgehead atoms. The minimum atomic E-state index is -2.49. The second kappa shape index (κ2) is 4.06. The van der Waals surface area contributed by atoms with Crippen LogP contribution in [0.3, 0.4) is 0 Å². The molecule has 0 aromatic carbocycles. The Bertz CT molecular complexity index is 235. The van der Waals surface area contributed by atoms with Gasteiger partial charge in [0.25, 0.3) is 0 Å². The fourth-order valence-electron chi connectivity index (χ4n) is 1.70. The number of hydrogen-bond donors (Lipinski definition) is 0. The number of hydrogen-bond acceptors (Lipinski definition) is 2. The predicted octanol–water partition coefficient (Wildman–Crippen LogP) is 3.15. The maximum absolute atomic E-state index is 12.5. The van der Waals surface area contributed by atoms with Gasteiger partial charge in [-0.25, -0.2) is 8.78 Å². The van der Waals surface area contributed by atoms with E-state index in [9.17, 15) is 13.6 Å². The zero-order valence-electron chi connectivity index (χ0n) is 9.48. The summed E-state index contributed by atoms with van der Waals surface area (Å²) in [5.74, 6) is -2.79. The highest BCUT2D eigenvalue weighted by Gasteiger charge is 2.44. The van der Waals surface area contributed by atoms with Crippen molar-refractivity contribution in [3.05, 3.63) is 0 Å². The van der Waals surface area contributed by atoms with Crippen LogP contribution in [0.4, 0.5) is 8.78 Å². The minimum absolute atomic E-state index is 0.00693. The number of alkyl halides is 2. The Hall–Kier alpha value is -0.670. The third-order valence-corrected chi connectivity index (χ3v) is 2.35. The molecule has 0 aliphatic heterocycles. The van der Waals surface area contributed by atoms with Crippen molar-refractivity contribution in [2.45, 2.75) is 58.0 Å². The monoisotopic (exact) mass is 220 g/mol. The topological polar surface area (TPSA) is 26.3 Å². The highest BCUT2D eigenvalue weighted by atomic mass is 19.3. The van der Waals surface area contributed by atoms with Crippen molar-refractivity contribution < 1.29 is 18.3 Å². The van der Waals surface area contributed by atoms with E-state index < -0.39 is 11.5 Å². The van der Waals surface area contributed by atoms with E-state index in [1.807, 2.05) is 0 Å². The van der Waals surface area contributed by atoms with Crippen molar-refractivity contribution >= 4 is 5.97 Å². The first kappa shape index (κ1) is 12.4. The molecule has 1 saturated carbocycles. The van der Waals surface area contributed by atoms with Gasteiger partial charge in [-0.05, 0) is 33.1 Å². The van der Waals surface area contributed by atoms with Crippen molar-refractivity contribution in [2.75, 3.05) is 0 Å². The fraction of sp³-hybridized carbons (Fsp3) is 0.909. The Kier molecular flexibility index (Phi) is 3.36. The SMILES string of the molecule is CC(C)(C)OC(=O)CCC1CC(F)(F)C1. The molecule has 0 unspecified atom stereocenters. The molecular formula is C11H18F2O2. The lowest BCUT2D eigenvalue weighted by Gasteiger charge is -2.34. The first-order valence-electron chi connectivity index (χ1n) is 5.28. The first-order valence-corrected chi connectivity index (χ1v) is 5.28. The maximum atomic E-state index is 12.5. The molecule has 0 aromatic rings. The molecule has 0 amide bonds. The summed E-state index contributed by atoms with van der Waals surface area (Å²) in [5.41, 5.74) is -0.485. The van der Waals surface area contributed by atoms with E-state index in [0.717, 1.165) is 0 Å². The third kappa shape index (κ3) is 4.58. The molecule has 1 rings (SSSR count). The molecular weight excluding hydrogens is 202 g/mol. The predicted molar refractivity (Wildman–Crippen MR) is 52.8 cm³/mol. The van der Waals surface area contributed by atoms with E-state index in [4.69, 9.17) is 4.74 Å². The van der Waals surface area contributed by atoms with Crippen LogP contribution in [0, 0.1) is 5.92 Å². The molecule has 88 valence electrons. The summed E-state index contributed by atoms with van der Waals surface area (Å²) in [4.78, 5) is 11.3. The lowest BCUT2D eigenvalue weighted by molar-refractivity contribution is -0.157. The number of carbonyl (C=O) groups excluding carboxylic acids is 1. The molecule has 0 saturated heterocycles. The van der Waals surface area contributed by atoms with E-state index in [2.05, 4.69) is 0 Å². The average Bonchev–Trinajstić information content (AvgIpc) is 1.93. The van der Waals surface area contributed by atoms with Crippen LogP contribution in [-0.2, 0) is 9.53 Å². The van der Waals surface area contributed by atoms with Gasteiger partial charge in [0.15, 0.2) is 0 Å². The van der Waals surface area contributed by atoms with Crippen molar-refractivity contribution in [2.24, 2.45) is 5.92 Å². The quantitative estimate of drug-likeness (QED) is 0.683. The minimum Gasteiger partial charge on any atom is -0.460 e. The largest absolute Gasteiger partial charge is 0.460 e. The maximum Gasteiger partial charge on any atom is 0.306 e. The van der Waals surface area contributed by atoms with Gasteiger partial charge in [0.05, 0.1) is 0 Å². The third-order valence-electron chi connectivity index (χ3n) is 2.35. The van der Waals surface area contributed by atoms with Gasteiger partial charge in [-0.2, -0.15) is 0 Å². The van der Waals surface area contributed by atoms with Crippen LogP contribution in [0.25, 0.3) is 0 Å². The van der Waals surface area contributed by atoms with E-state index in [1.54, 1.807) is 20.8 Å². The zero-order valence-corrected chi connectivity index (χ0v) is 9.48. The Balaban J connectivity index is 2.14. The molecule has 1 aliphatic carbocycles. The van der Waals surface area contributed by atoms with Crippen LogP contribution >= 0.6 is 0 Å². The highest BCUT2D eigenvalue weighted by Crippen LogP contribution is 2.44. The van der Waals surface area contributed by atoms with E-state index in [1.165, 1.54) is 0 Å². The number of halogens is 2. The molecule has 0 spiro atoms. The van der Waals surface area contributed by atoms with E-state index in [-0.39, 0.29) is 31.1 Å². The molecule has 1 aliphatic rings. The summed E-state index contributed by atoms with van der Waals surface area (Å²) in [6.45, 7) is 5.38. The number of esters is 1. The Labute approximate surface area is 89.0 Å². The molecule has 4 heteroatoms. The molecule has 0 heterocycles. The Morgan fingerprint density at radius 3 is 2.33 bits per heavy atom. The van der Waals surface area contributed by atoms with Crippen LogP contribution in [0.1, 0.15) is 46.5 Å². The average molecular weight is 220 g/mol. The summed E-state index contributed by atoms with van der Waals surface area (Å²) in [6, 6.07) is 0. The van der Waals surface area contributed by atoms with E-state index >= 15 is 0 Å². The number of carbonyl (C=O) groups is 1. The Morgan fingerprint density at radius 1 is 1.40 bits per heavy atom. The highest BCUT2D eigenvalue weighted by molar-refractivity contribution is 5.69. The van der Waals surface area contributed by atoms with Crippen molar-refractivity contribution in [3.8, 4) is 0 Å².